The number of rotatable bonds is 3. The summed E-state index contributed by atoms with van der Waals surface area (Å²) in [4.78, 5) is 31.6. The van der Waals surface area contributed by atoms with Crippen molar-refractivity contribution in [2.75, 3.05) is 18.9 Å². The summed E-state index contributed by atoms with van der Waals surface area (Å²) in [5.74, 6) is -0.669. The van der Waals surface area contributed by atoms with E-state index in [4.69, 9.17) is 5.11 Å². The molecule has 0 radical (unpaired) electrons. The Morgan fingerprint density at radius 1 is 1.61 bits per heavy atom. The average molecular weight is 250 g/mol. The Kier molecular flexibility index (Phi) is 3.40. The summed E-state index contributed by atoms with van der Waals surface area (Å²) >= 11 is 0. The molecule has 1 fully saturated rings. The predicted octanol–water partition coefficient (Wildman–Crippen LogP) is 0.207. The van der Waals surface area contributed by atoms with Gasteiger partial charge < -0.3 is 15.3 Å². The van der Waals surface area contributed by atoms with Crippen LogP contribution in [0.15, 0.2) is 12.5 Å². The van der Waals surface area contributed by atoms with Crippen molar-refractivity contribution in [1.82, 2.24) is 14.9 Å². The third kappa shape index (κ3) is 2.55. The van der Waals surface area contributed by atoms with E-state index in [9.17, 15) is 9.59 Å². The molecule has 1 aliphatic rings. The minimum Gasteiger partial charge on any atom is -0.477 e. The lowest BCUT2D eigenvalue weighted by molar-refractivity contribution is -0.132. The maximum Gasteiger partial charge on any atom is 0.341 e. The monoisotopic (exact) mass is 250 g/mol. The van der Waals surface area contributed by atoms with Crippen molar-refractivity contribution in [3.8, 4) is 0 Å². The lowest BCUT2D eigenvalue weighted by atomic mass is 10.1. The second kappa shape index (κ2) is 4.99. The second-order valence-electron chi connectivity index (χ2n) is 4.24. The smallest absolute Gasteiger partial charge is 0.341 e. The maximum absolute atomic E-state index is 11.3. The molecule has 18 heavy (non-hydrogen) atoms. The maximum atomic E-state index is 11.3. The number of carboxylic acids is 1. The Bertz CT molecular complexity index is 477. The summed E-state index contributed by atoms with van der Waals surface area (Å²) in [5, 5.41) is 12.1. The summed E-state index contributed by atoms with van der Waals surface area (Å²) in [6, 6.07) is 0.0145. The molecular weight excluding hydrogens is 236 g/mol. The first-order valence-electron chi connectivity index (χ1n) is 5.61. The van der Waals surface area contributed by atoms with E-state index in [1.165, 1.54) is 12.5 Å². The Morgan fingerprint density at radius 2 is 2.39 bits per heavy atom. The van der Waals surface area contributed by atoms with Crippen LogP contribution < -0.4 is 5.32 Å². The number of hydrogen-bond acceptors (Lipinski definition) is 5. The fourth-order valence-corrected chi connectivity index (χ4v) is 1.92. The van der Waals surface area contributed by atoms with Crippen molar-refractivity contribution in [2.24, 2.45) is 0 Å². The summed E-state index contributed by atoms with van der Waals surface area (Å²) in [6.45, 7) is 0.544. The highest BCUT2D eigenvalue weighted by Gasteiger charge is 2.24. The molecule has 1 aromatic heterocycles. The first kappa shape index (κ1) is 12.3. The largest absolute Gasteiger partial charge is 0.477 e. The van der Waals surface area contributed by atoms with Gasteiger partial charge in [-0.1, -0.05) is 0 Å². The molecule has 0 aliphatic carbocycles. The summed E-state index contributed by atoms with van der Waals surface area (Å²) in [6.07, 6.45) is 3.69. The van der Waals surface area contributed by atoms with Crippen molar-refractivity contribution in [1.29, 1.82) is 0 Å². The first-order chi connectivity index (χ1) is 8.58. The van der Waals surface area contributed by atoms with E-state index in [1.807, 2.05) is 0 Å². The Balaban J connectivity index is 2.10. The van der Waals surface area contributed by atoms with Gasteiger partial charge in [0.2, 0.25) is 5.91 Å². The molecule has 1 unspecified atom stereocenters. The van der Waals surface area contributed by atoms with Crippen molar-refractivity contribution < 1.29 is 14.7 Å². The fourth-order valence-electron chi connectivity index (χ4n) is 1.92. The summed E-state index contributed by atoms with van der Waals surface area (Å²) in [7, 11) is 1.73. The molecular formula is C11H14N4O3. The van der Waals surface area contributed by atoms with Crippen LogP contribution in [0.2, 0.25) is 0 Å². The van der Waals surface area contributed by atoms with Crippen LogP contribution in [0.5, 0.6) is 0 Å². The predicted molar refractivity (Wildman–Crippen MR) is 63.3 cm³/mol. The van der Waals surface area contributed by atoms with Crippen LogP contribution in [-0.2, 0) is 4.79 Å². The molecule has 0 aromatic carbocycles. The molecule has 0 bridgehead atoms. The number of nitrogens with zero attached hydrogens (tertiary/aromatic N) is 3. The third-order valence-electron chi connectivity index (χ3n) is 2.91. The zero-order valence-corrected chi connectivity index (χ0v) is 9.96. The van der Waals surface area contributed by atoms with Crippen LogP contribution in [-0.4, -0.2) is 51.5 Å². The minimum absolute atomic E-state index is 0.0145. The molecule has 0 saturated carbocycles. The van der Waals surface area contributed by atoms with Gasteiger partial charge in [0.1, 0.15) is 17.7 Å². The summed E-state index contributed by atoms with van der Waals surface area (Å²) < 4.78 is 0. The number of likely N-dealkylation sites (tertiary alicyclic amines) is 1. The van der Waals surface area contributed by atoms with Crippen molar-refractivity contribution >= 4 is 17.7 Å². The van der Waals surface area contributed by atoms with Crippen LogP contribution in [0.4, 0.5) is 5.82 Å². The Labute approximate surface area is 104 Å². The SMILES string of the molecule is CN1CC(Nc2ncncc2C(=O)O)CCC1=O. The highest BCUT2D eigenvalue weighted by molar-refractivity contribution is 5.92. The van der Waals surface area contributed by atoms with E-state index in [1.54, 1.807) is 11.9 Å². The van der Waals surface area contributed by atoms with Gasteiger partial charge in [-0.05, 0) is 6.42 Å². The van der Waals surface area contributed by atoms with Gasteiger partial charge >= 0.3 is 5.97 Å². The molecule has 1 aromatic rings. The third-order valence-corrected chi connectivity index (χ3v) is 2.91. The average Bonchev–Trinajstić information content (AvgIpc) is 2.34. The highest BCUT2D eigenvalue weighted by atomic mass is 16.4. The Morgan fingerprint density at radius 3 is 3.06 bits per heavy atom. The second-order valence-corrected chi connectivity index (χ2v) is 4.24. The number of carboxylic acid groups (broad SMARTS) is 1. The van der Waals surface area contributed by atoms with E-state index in [0.717, 1.165) is 0 Å². The molecule has 2 N–H and O–H groups in total. The number of nitrogens with one attached hydrogen (secondary N) is 1. The fraction of sp³-hybridized carbons (Fsp3) is 0.455. The van der Waals surface area contributed by atoms with Gasteiger partial charge in [0, 0.05) is 32.3 Å². The molecule has 1 amide bonds. The van der Waals surface area contributed by atoms with Gasteiger partial charge in [-0.15, -0.1) is 0 Å². The number of hydrogen-bond donors (Lipinski definition) is 2. The zero-order valence-electron chi connectivity index (χ0n) is 9.96. The quantitative estimate of drug-likeness (QED) is 0.796. The van der Waals surface area contributed by atoms with Crippen molar-refractivity contribution in [3.05, 3.63) is 18.1 Å². The van der Waals surface area contributed by atoms with E-state index in [2.05, 4.69) is 15.3 Å². The van der Waals surface area contributed by atoms with E-state index in [0.29, 0.717) is 25.2 Å². The topological polar surface area (TPSA) is 95.4 Å². The van der Waals surface area contributed by atoms with Crippen LogP contribution in [0.1, 0.15) is 23.2 Å². The number of carbonyl (C=O) groups is 2. The summed E-state index contributed by atoms with van der Waals surface area (Å²) in [5.41, 5.74) is 0.0389. The number of anilines is 1. The molecule has 1 saturated heterocycles. The van der Waals surface area contributed by atoms with Gasteiger partial charge in [-0.2, -0.15) is 0 Å². The number of piperidine rings is 1. The molecule has 0 spiro atoms. The first-order valence-corrected chi connectivity index (χ1v) is 5.61. The van der Waals surface area contributed by atoms with Crippen LogP contribution in [0.3, 0.4) is 0 Å². The van der Waals surface area contributed by atoms with Crippen LogP contribution in [0, 0.1) is 0 Å². The molecule has 7 heteroatoms. The lowest BCUT2D eigenvalue weighted by Gasteiger charge is -2.30. The van der Waals surface area contributed by atoms with Crippen LogP contribution >= 0.6 is 0 Å². The van der Waals surface area contributed by atoms with Gasteiger partial charge in [0.25, 0.3) is 0 Å². The molecule has 96 valence electrons. The lowest BCUT2D eigenvalue weighted by Crippen LogP contribution is -2.43. The van der Waals surface area contributed by atoms with E-state index in [-0.39, 0.29) is 17.5 Å². The standard InChI is InChI=1S/C11H14N4O3/c1-15-5-7(2-3-9(15)16)14-10-8(11(17)18)4-12-6-13-10/h4,6-7H,2-3,5H2,1H3,(H,17,18)(H,12,13,14). The zero-order chi connectivity index (χ0) is 13.1. The number of aromatic nitrogens is 2. The van der Waals surface area contributed by atoms with E-state index >= 15 is 0 Å². The number of aromatic carboxylic acids is 1. The van der Waals surface area contributed by atoms with Gasteiger partial charge in [-0.25, -0.2) is 14.8 Å². The molecule has 2 rings (SSSR count). The van der Waals surface area contributed by atoms with Gasteiger partial charge in [-0.3, -0.25) is 4.79 Å². The number of likely N-dealkylation sites (N-methyl/N-ethyl adjacent to an activating group) is 1. The van der Waals surface area contributed by atoms with Crippen molar-refractivity contribution in [3.63, 3.8) is 0 Å². The van der Waals surface area contributed by atoms with Crippen molar-refractivity contribution in [2.45, 2.75) is 18.9 Å². The number of carbonyl (C=O) groups excluding carboxylic acids is 1. The normalized spacial score (nSPS) is 19.7. The minimum atomic E-state index is -1.07. The molecule has 2 heterocycles. The molecule has 1 atom stereocenters. The van der Waals surface area contributed by atoms with Crippen LogP contribution in [0.25, 0.3) is 0 Å². The highest BCUT2D eigenvalue weighted by Crippen LogP contribution is 2.17. The van der Waals surface area contributed by atoms with Gasteiger partial charge in [0.05, 0.1) is 0 Å². The van der Waals surface area contributed by atoms with E-state index < -0.39 is 5.97 Å². The number of amides is 1. The Hall–Kier alpha value is -2.18. The molecule has 7 nitrogen and oxygen atoms in total. The van der Waals surface area contributed by atoms with Gasteiger partial charge in [0.15, 0.2) is 0 Å². The molecule has 1 aliphatic heterocycles.